The van der Waals surface area contributed by atoms with Crippen LogP contribution in [0.15, 0.2) is 43.0 Å². The molecular formula is C15H20N2O. The van der Waals surface area contributed by atoms with Gasteiger partial charge in [-0.25, -0.2) is 4.98 Å². The van der Waals surface area contributed by atoms with Gasteiger partial charge in [-0.15, -0.1) is 0 Å². The third-order valence-electron chi connectivity index (χ3n) is 3.45. The molecule has 0 fully saturated rings. The first-order valence-corrected chi connectivity index (χ1v) is 6.44. The number of aliphatic hydroxyl groups is 1. The predicted molar refractivity (Wildman–Crippen MR) is 72.3 cm³/mol. The van der Waals surface area contributed by atoms with Gasteiger partial charge in [0.1, 0.15) is 0 Å². The van der Waals surface area contributed by atoms with E-state index in [4.69, 9.17) is 0 Å². The molecule has 0 aliphatic carbocycles. The van der Waals surface area contributed by atoms with Gasteiger partial charge in [0.05, 0.1) is 19.0 Å². The van der Waals surface area contributed by atoms with Gasteiger partial charge >= 0.3 is 0 Å². The van der Waals surface area contributed by atoms with Crippen molar-refractivity contribution in [2.45, 2.75) is 38.8 Å². The van der Waals surface area contributed by atoms with Crippen LogP contribution in [0, 0.1) is 0 Å². The summed E-state index contributed by atoms with van der Waals surface area (Å²) in [7, 11) is 0. The molecule has 0 radical (unpaired) electrons. The third-order valence-corrected chi connectivity index (χ3v) is 3.45. The second-order valence-electron chi connectivity index (χ2n) is 4.75. The maximum Gasteiger partial charge on any atom is 0.0969 e. The maximum absolute atomic E-state index is 10.1. The summed E-state index contributed by atoms with van der Waals surface area (Å²) in [6.45, 7) is 4.95. The largest absolute Gasteiger partial charge is 0.387 e. The molecule has 1 N–H and O–H groups in total. The molecule has 2 atom stereocenters. The Kier molecular flexibility index (Phi) is 4.15. The Hall–Kier alpha value is -1.61. The van der Waals surface area contributed by atoms with Crippen LogP contribution in [0.4, 0.5) is 0 Å². The molecule has 1 aromatic carbocycles. The number of nitrogens with zero attached hydrogens (tertiary/aromatic N) is 2. The van der Waals surface area contributed by atoms with E-state index >= 15 is 0 Å². The Morgan fingerprint density at radius 3 is 2.44 bits per heavy atom. The fraction of sp³-hybridized carbons (Fsp3) is 0.400. The van der Waals surface area contributed by atoms with Gasteiger partial charge in [-0.2, -0.15) is 0 Å². The molecule has 2 aromatic rings. The van der Waals surface area contributed by atoms with E-state index in [0.717, 1.165) is 12.0 Å². The molecule has 0 saturated heterocycles. The number of benzene rings is 1. The van der Waals surface area contributed by atoms with E-state index in [1.807, 2.05) is 22.9 Å². The van der Waals surface area contributed by atoms with Crippen LogP contribution in [-0.2, 0) is 6.54 Å². The van der Waals surface area contributed by atoms with Gasteiger partial charge in [-0.05, 0) is 23.5 Å². The molecule has 0 saturated carbocycles. The fourth-order valence-electron chi connectivity index (χ4n) is 1.98. The van der Waals surface area contributed by atoms with Gasteiger partial charge in [0.2, 0.25) is 0 Å². The lowest BCUT2D eigenvalue weighted by molar-refractivity contribution is 0.156. The SMILES string of the molecule is CC[C@H](C)c1ccc([C@@H](O)Cn2ccnc2)cc1. The zero-order chi connectivity index (χ0) is 13.0. The second kappa shape index (κ2) is 5.83. The molecule has 0 spiro atoms. The zero-order valence-electron chi connectivity index (χ0n) is 11.0. The van der Waals surface area contributed by atoms with Gasteiger partial charge in [0.25, 0.3) is 0 Å². The van der Waals surface area contributed by atoms with Crippen LogP contribution in [0.5, 0.6) is 0 Å². The molecule has 1 heterocycles. The minimum atomic E-state index is -0.481. The van der Waals surface area contributed by atoms with E-state index in [1.165, 1.54) is 5.56 Å². The highest BCUT2D eigenvalue weighted by Gasteiger charge is 2.09. The van der Waals surface area contributed by atoms with Gasteiger partial charge < -0.3 is 9.67 Å². The minimum absolute atomic E-state index is 0.481. The second-order valence-corrected chi connectivity index (χ2v) is 4.75. The van der Waals surface area contributed by atoms with Crippen molar-refractivity contribution in [3.63, 3.8) is 0 Å². The predicted octanol–water partition coefficient (Wildman–Crippen LogP) is 3.13. The van der Waals surface area contributed by atoms with Crippen LogP contribution in [0.3, 0.4) is 0 Å². The Labute approximate surface area is 108 Å². The van der Waals surface area contributed by atoms with Crippen LogP contribution < -0.4 is 0 Å². The third kappa shape index (κ3) is 2.99. The summed E-state index contributed by atoms with van der Waals surface area (Å²) in [5, 5.41) is 10.1. The van der Waals surface area contributed by atoms with Gasteiger partial charge in [0.15, 0.2) is 0 Å². The van der Waals surface area contributed by atoms with Gasteiger partial charge in [-0.3, -0.25) is 0 Å². The molecule has 3 nitrogen and oxygen atoms in total. The van der Waals surface area contributed by atoms with E-state index in [-0.39, 0.29) is 0 Å². The van der Waals surface area contributed by atoms with Crippen LogP contribution in [0.2, 0.25) is 0 Å². The number of aliphatic hydroxyl groups excluding tert-OH is 1. The first kappa shape index (κ1) is 12.8. The van der Waals surface area contributed by atoms with Gasteiger partial charge in [-0.1, -0.05) is 38.1 Å². The number of imidazole rings is 1. The van der Waals surface area contributed by atoms with Crippen molar-refractivity contribution in [3.05, 3.63) is 54.1 Å². The Morgan fingerprint density at radius 2 is 1.89 bits per heavy atom. The summed E-state index contributed by atoms with van der Waals surface area (Å²) in [5.74, 6) is 0.574. The highest BCUT2D eigenvalue weighted by atomic mass is 16.3. The number of aromatic nitrogens is 2. The number of hydrogen-bond donors (Lipinski definition) is 1. The molecule has 0 aliphatic heterocycles. The molecule has 3 heteroatoms. The van der Waals surface area contributed by atoms with Crippen molar-refractivity contribution < 1.29 is 5.11 Å². The van der Waals surface area contributed by atoms with E-state index in [0.29, 0.717) is 12.5 Å². The van der Waals surface area contributed by atoms with Crippen molar-refractivity contribution in [1.82, 2.24) is 9.55 Å². The normalized spacial score (nSPS) is 14.4. The number of rotatable bonds is 5. The van der Waals surface area contributed by atoms with Crippen molar-refractivity contribution in [3.8, 4) is 0 Å². The van der Waals surface area contributed by atoms with E-state index in [9.17, 15) is 5.11 Å². The van der Waals surface area contributed by atoms with Crippen LogP contribution >= 0.6 is 0 Å². The van der Waals surface area contributed by atoms with Crippen LogP contribution in [-0.4, -0.2) is 14.7 Å². The Balaban J connectivity index is 2.04. The molecule has 18 heavy (non-hydrogen) atoms. The summed E-state index contributed by atoms with van der Waals surface area (Å²) >= 11 is 0. The van der Waals surface area contributed by atoms with Crippen molar-refractivity contribution in [2.24, 2.45) is 0 Å². The molecular weight excluding hydrogens is 224 g/mol. The molecule has 1 aromatic heterocycles. The summed E-state index contributed by atoms with van der Waals surface area (Å²) in [4.78, 5) is 3.97. The van der Waals surface area contributed by atoms with Crippen LogP contribution in [0.1, 0.15) is 43.4 Å². The molecule has 2 rings (SSSR count). The molecule has 0 unspecified atom stereocenters. The van der Waals surface area contributed by atoms with Gasteiger partial charge in [0, 0.05) is 12.4 Å². The maximum atomic E-state index is 10.1. The quantitative estimate of drug-likeness (QED) is 0.877. The first-order valence-electron chi connectivity index (χ1n) is 6.44. The Bertz CT molecular complexity index is 462. The average Bonchev–Trinajstić information content (AvgIpc) is 2.91. The molecule has 0 bridgehead atoms. The van der Waals surface area contributed by atoms with E-state index < -0.39 is 6.10 Å². The average molecular weight is 244 g/mol. The highest BCUT2D eigenvalue weighted by molar-refractivity contribution is 5.26. The lowest BCUT2D eigenvalue weighted by Gasteiger charge is -2.14. The van der Waals surface area contributed by atoms with Crippen molar-refractivity contribution in [2.75, 3.05) is 0 Å². The first-order chi connectivity index (χ1) is 8.70. The topological polar surface area (TPSA) is 38.0 Å². The minimum Gasteiger partial charge on any atom is -0.387 e. The molecule has 96 valence electrons. The molecule has 0 aliphatic rings. The van der Waals surface area contributed by atoms with Crippen molar-refractivity contribution in [1.29, 1.82) is 0 Å². The van der Waals surface area contributed by atoms with Crippen molar-refractivity contribution >= 4 is 0 Å². The summed E-state index contributed by atoms with van der Waals surface area (Å²) in [6, 6.07) is 8.26. The Morgan fingerprint density at radius 1 is 1.22 bits per heavy atom. The highest BCUT2D eigenvalue weighted by Crippen LogP contribution is 2.21. The summed E-state index contributed by atoms with van der Waals surface area (Å²) < 4.78 is 1.88. The smallest absolute Gasteiger partial charge is 0.0969 e. The lowest BCUT2D eigenvalue weighted by Crippen LogP contribution is -2.07. The summed E-state index contributed by atoms with van der Waals surface area (Å²) in [5.41, 5.74) is 2.28. The number of hydrogen-bond acceptors (Lipinski definition) is 2. The summed E-state index contributed by atoms with van der Waals surface area (Å²) in [6.07, 6.45) is 5.95. The van der Waals surface area contributed by atoms with E-state index in [1.54, 1.807) is 12.5 Å². The molecule has 0 amide bonds. The van der Waals surface area contributed by atoms with E-state index in [2.05, 4.69) is 31.0 Å². The standard InChI is InChI=1S/C15H20N2O/c1-3-12(2)13-4-6-14(7-5-13)15(18)10-17-9-8-16-11-17/h4-9,11-12,15,18H,3,10H2,1-2H3/t12-,15-/m0/s1. The fourth-order valence-corrected chi connectivity index (χ4v) is 1.98. The zero-order valence-corrected chi connectivity index (χ0v) is 11.0. The van der Waals surface area contributed by atoms with Crippen LogP contribution in [0.25, 0.3) is 0 Å². The lowest BCUT2D eigenvalue weighted by atomic mass is 9.96. The monoisotopic (exact) mass is 244 g/mol.